The quantitative estimate of drug-likeness (QED) is 0.303. The number of nitrogens with one attached hydrogen (secondary N) is 1. The van der Waals surface area contributed by atoms with Crippen LogP contribution in [0.15, 0.2) is 48.5 Å². The van der Waals surface area contributed by atoms with Gasteiger partial charge in [0, 0.05) is 5.54 Å². The van der Waals surface area contributed by atoms with Crippen LogP contribution < -0.4 is 5.32 Å². The molecule has 37 heavy (non-hydrogen) atoms. The zero-order valence-corrected chi connectivity index (χ0v) is 19.5. The Morgan fingerprint density at radius 1 is 0.595 bits per heavy atom. The highest BCUT2D eigenvalue weighted by Gasteiger charge is 2.41. The van der Waals surface area contributed by atoms with Crippen molar-refractivity contribution in [2.45, 2.75) is 38.7 Å². The minimum absolute atomic E-state index is 0.00572. The van der Waals surface area contributed by atoms with E-state index >= 15 is 0 Å². The zero-order chi connectivity index (χ0) is 26.8. The van der Waals surface area contributed by atoms with E-state index in [0.717, 1.165) is 0 Å². The monoisotopic (exact) mass is 520 g/mol. The lowest BCUT2D eigenvalue weighted by molar-refractivity contribution is -0.146. The standard InChI is InChI=1S/C23H18F6N8/c1-21(2,3)35-18-32-19(36-14-10-6-4-8-12(14)30-16(36)22(24,25)26)34-20(33-18)37-15-11-7-5-9-13(15)31-17(37)23(27,28)29/h4-11H,1-3H3,(H,32,33,34,35). The van der Waals surface area contributed by atoms with Gasteiger partial charge in [0.05, 0.1) is 22.1 Å². The Balaban J connectivity index is 1.87. The molecular weight excluding hydrogens is 502 g/mol. The molecule has 0 aliphatic carbocycles. The molecule has 0 saturated heterocycles. The third kappa shape index (κ3) is 4.54. The summed E-state index contributed by atoms with van der Waals surface area (Å²) in [5.41, 5.74) is -0.651. The van der Waals surface area contributed by atoms with Crippen molar-refractivity contribution in [2.75, 3.05) is 5.32 Å². The average Bonchev–Trinajstić information content (AvgIpc) is 3.37. The first-order valence-electron chi connectivity index (χ1n) is 10.9. The van der Waals surface area contributed by atoms with E-state index in [2.05, 4.69) is 30.2 Å². The molecule has 0 fully saturated rings. The number of alkyl halides is 6. The van der Waals surface area contributed by atoms with E-state index in [1.54, 1.807) is 20.8 Å². The van der Waals surface area contributed by atoms with Gasteiger partial charge in [0.25, 0.3) is 0 Å². The molecule has 3 heterocycles. The van der Waals surface area contributed by atoms with Gasteiger partial charge in [-0.1, -0.05) is 24.3 Å². The molecule has 8 nitrogen and oxygen atoms in total. The molecule has 0 saturated carbocycles. The van der Waals surface area contributed by atoms with Gasteiger partial charge in [0.1, 0.15) is 0 Å². The lowest BCUT2D eigenvalue weighted by Crippen LogP contribution is -2.29. The van der Waals surface area contributed by atoms with Crippen molar-refractivity contribution in [1.29, 1.82) is 0 Å². The van der Waals surface area contributed by atoms with Crippen LogP contribution >= 0.6 is 0 Å². The van der Waals surface area contributed by atoms with Crippen molar-refractivity contribution in [1.82, 2.24) is 34.1 Å². The summed E-state index contributed by atoms with van der Waals surface area (Å²) in [6, 6.07) is 11.5. The van der Waals surface area contributed by atoms with Gasteiger partial charge in [-0.15, -0.1) is 0 Å². The molecule has 0 bridgehead atoms. The van der Waals surface area contributed by atoms with Crippen LogP contribution in [0.4, 0.5) is 32.3 Å². The van der Waals surface area contributed by atoms with Crippen molar-refractivity contribution in [3.05, 3.63) is 60.2 Å². The second-order valence-electron chi connectivity index (χ2n) is 9.15. The van der Waals surface area contributed by atoms with E-state index in [1.807, 2.05) is 0 Å². The Morgan fingerprint density at radius 3 is 1.38 bits per heavy atom. The topological polar surface area (TPSA) is 86.3 Å². The summed E-state index contributed by atoms with van der Waals surface area (Å²) in [6.07, 6.45) is -9.83. The maximum Gasteiger partial charge on any atom is 0.450 e. The number of hydrogen-bond donors (Lipinski definition) is 1. The van der Waals surface area contributed by atoms with Gasteiger partial charge in [-0.25, -0.2) is 9.97 Å². The summed E-state index contributed by atoms with van der Waals surface area (Å²) in [4.78, 5) is 19.7. The first-order valence-corrected chi connectivity index (χ1v) is 10.9. The predicted octanol–water partition coefficient (Wildman–Crippen LogP) is 5.80. The SMILES string of the molecule is CC(C)(C)Nc1nc(-n2c(C(F)(F)F)nc3ccccc32)nc(-n2c(C(F)(F)F)nc3ccccc32)n1. The van der Waals surface area contributed by atoms with Crippen LogP contribution in [-0.2, 0) is 12.4 Å². The summed E-state index contributed by atoms with van der Waals surface area (Å²) < 4.78 is 85.4. The number of benzene rings is 2. The third-order valence-electron chi connectivity index (χ3n) is 5.13. The lowest BCUT2D eigenvalue weighted by Gasteiger charge is -2.21. The van der Waals surface area contributed by atoms with Crippen LogP contribution in [-0.4, -0.2) is 39.6 Å². The molecule has 5 rings (SSSR count). The maximum atomic E-state index is 14.0. The van der Waals surface area contributed by atoms with Crippen molar-refractivity contribution in [2.24, 2.45) is 0 Å². The fourth-order valence-electron chi connectivity index (χ4n) is 3.78. The molecule has 192 valence electrons. The summed E-state index contributed by atoms with van der Waals surface area (Å²) in [6.45, 7) is 5.20. The minimum atomic E-state index is -4.91. The minimum Gasteiger partial charge on any atom is -0.349 e. The smallest absolute Gasteiger partial charge is 0.349 e. The van der Waals surface area contributed by atoms with Crippen LogP contribution in [0.2, 0.25) is 0 Å². The van der Waals surface area contributed by atoms with Crippen molar-refractivity contribution < 1.29 is 26.3 Å². The van der Waals surface area contributed by atoms with Crippen molar-refractivity contribution in [3.8, 4) is 11.9 Å². The molecule has 0 spiro atoms. The number of hydrogen-bond acceptors (Lipinski definition) is 6. The van der Waals surface area contributed by atoms with E-state index in [-0.39, 0.29) is 28.0 Å². The van der Waals surface area contributed by atoms with E-state index in [4.69, 9.17) is 0 Å². The average molecular weight is 520 g/mol. The second kappa shape index (κ2) is 8.15. The van der Waals surface area contributed by atoms with Gasteiger partial charge < -0.3 is 5.32 Å². The van der Waals surface area contributed by atoms with Crippen LogP contribution in [0, 0.1) is 0 Å². The number of nitrogens with zero attached hydrogens (tertiary/aromatic N) is 7. The number of fused-ring (bicyclic) bond motifs is 2. The summed E-state index contributed by atoms with van der Waals surface area (Å²) in [5.74, 6) is -4.03. The van der Waals surface area contributed by atoms with Gasteiger partial charge in [0.2, 0.25) is 29.5 Å². The van der Waals surface area contributed by atoms with Crippen LogP contribution in [0.1, 0.15) is 32.4 Å². The number of para-hydroxylation sites is 4. The molecule has 14 heteroatoms. The molecule has 0 unspecified atom stereocenters. The normalized spacial score (nSPS) is 13.0. The molecule has 0 atom stereocenters. The van der Waals surface area contributed by atoms with Gasteiger partial charge in [-0.3, -0.25) is 9.13 Å². The first-order chi connectivity index (χ1) is 17.2. The fraction of sp³-hybridized carbons (Fsp3) is 0.261. The predicted molar refractivity (Wildman–Crippen MR) is 122 cm³/mol. The molecular formula is C23H18F6N8. The molecule has 0 aliphatic heterocycles. The van der Waals surface area contributed by atoms with Gasteiger partial charge in [-0.2, -0.15) is 41.3 Å². The number of aromatic nitrogens is 7. The first kappa shape index (κ1) is 24.5. The largest absolute Gasteiger partial charge is 0.450 e. The molecule has 0 aliphatic rings. The van der Waals surface area contributed by atoms with Crippen LogP contribution in [0.3, 0.4) is 0 Å². The molecule has 0 amide bonds. The van der Waals surface area contributed by atoms with Gasteiger partial charge in [-0.05, 0) is 45.0 Å². The Labute approximate surface area is 205 Å². The Hall–Kier alpha value is -4.23. The van der Waals surface area contributed by atoms with Gasteiger partial charge in [0.15, 0.2) is 0 Å². The van der Waals surface area contributed by atoms with Gasteiger partial charge >= 0.3 is 12.4 Å². The maximum absolute atomic E-state index is 14.0. The summed E-state index contributed by atoms with van der Waals surface area (Å²) in [5, 5.41) is 2.91. The molecule has 2 aromatic carbocycles. The highest BCUT2D eigenvalue weighted by molar-refractivity contribution is 5.79. The third-order valence-corrected chi connectivity index (χ3v) is 5.13. The number of anilines is 1. The lowest BCUT2D eigenvalue weighted by atomic mass is 10.1. The summed E-state index contributed by atoms with van der Waals surface area (Å²) in [7, 11) is 0. The Bertz CT molecular complexity index is 1510. The number of imidazole rings is 2. The number of halogens is 6. The fourth-order valence-corrected chi connectivity index (χ4v) is 3.78. The summed E-state index contributed by atoms with van der Waals surface area (Å²) >= 11 is 0. The Morgan fingerprint density at radius 2 is 1.00 bits per heavy atom. The Kier molecular flexibility index (Phi) is 5.39. The zero-order valence-electron chi connectivity index (χ0n) is 19.5. The van der Waals surface area contributed by atoms with Crippen LogP contribution in [0.5, 0.6) is 0 Å². The van der Waals surface area contributed by atoms with Crippen molar-refractivity contribution >= 4 is 28.0 Å². The molecule has 3 aromatic heterocycles. The highest BCUT2D eigenvalue weighted by Crippen LogP contribution is 2.35. The molecule has 1 N–H and O–H groups in total. The highest BCUT2D eigenvalue weighted by atomic mass is 19.4. The molecule has 5 aromatic rings. The van der Waals surface area contributed by atoms with E-state index in [9.17, 15) is 26.3 Å². The van der Waals surface area contributed by atoms with E-state index in [1.165, 1.54) is 48.5 Å². The van der Waals surface area contributed by atoms with Crippen molar-refractivity contribution in [3.63, 3.8) is 0 Å². The van der Waals surface area contributed by atoms with E-state index < -0.39 is 41.4 Å². The van der Waals surface area contributed by atoms with Crippen LogP contribution in [0.25, 0.3) is 34.0 Å². The number of rotatable bonds is 3. The molecule has 0 radical (unpaired) electrons. The van der Waals surface area contributed by atoms with E-state index in [0.29, 0.717) is 9.13 Å². The second-order valence-corrected chi connectivity index (χ2v) is 9.15.